The summed E-state index contributed by atoms with van der Waals surface area (Å²) in [5.74, 6) is -1.70. The third kappa shape index (κ3) is 8.24. The fraction of sp³-hybridized carbons (Fsp3) is 0.343. The van der Waals surface area contributed by atoms with Gasteiger partial charge in [0.2, 0.25) is 6.41 Å². The molecule has 0 atom stereocenters. The van der Waals surface area contributed by atoms with Crippen LogP contribution in [-0.2, 0) is 11.3 Å². The standard InChI is InChI=1S/C26H30FN5O5.C9H10O2/c1-25(2,35)26(36,37)32-11-9-31(10-12-32)15-20-5-3-17-13-18(4-8-22(17)29-20)24(34)30-23-14-19(28-16-33)6-7-21(23)27;1-7-2-3-8-9(6-7)11-5-4-10-8/h3-8,13-14,16,35-37H,9-12,15H2,1-2H3,(H,28,33)(H,30,34);2-3,6H,4-5H2,1H3. The van der Waals surface area contributed by atoms with Crippen molar-refractivity contribution in [1.29, 1.82) is 0 Å². The first-order valence-electron chi connectivity index (χ1n) is 15.6. The van der Waals surface area contributed by atoms with Crippen LogP contribution in [0, 0.1) is 12.7 Å². The quantitative estimate of drug-likeness (QED) is 0.140. The summed E-state index contributed by atoms with van der Waals surface area (Å²) in [6.45, 7) is 8.52. The molecular weight excluding hydrogens is 621 g/mol. The maximum absolute atomic E-state index is 14.1. The second-order valence-corrected chi connectivity index (χ2v) is 12.2. The van der Waals surface area contributed by atoms with E-state index < -0.39 is 23.2 Å². The summed E-state index contributed by atoms with van der Waals surface area (Å²) in [5, 5.41) is 36.3. The predicted molar refractivity (Wildman–Crippen MR) is 178 cm³/mol. The number of benzene rings is 3. The van der Waals surface area contributed by atoms with Crippen molar-refractivity contribution < 1.29 is 38.8 Å². The Hall–Kier alpha value is -4.66. The molecule has 1 fully saturated rings. The summed E-state index contributed by atoms with van der Waals surface area (Å²) in [6, 6.07) is 18.6. The Balaban J connectivity index is 0.000000343. The summed E-state index contributed by atoms with van der Waals surface area (Å²) in [6.07, 6.45) is 0.468. The minimum atomic E-state index is -2.31. The van der Waals surface area contributed by atoms with Gasteiger partial charge < -0.3 is 35.4 Å². The Morgan fingerprint density at radius 2 is 1.67 bits per heavy atom. The molecule has 1 aromatic heterocycles. The van der Waals surface area contributed by atoms with Gasteiger partial charge in [-0.15, -0.1) is 0 Å². The molecule has 2 amide bonds. The molecule has 1 saturated heterocycles. The SMILES string of the molecule is CC(C)(O)C(O)(O)N1CCN(Cc2ccc3cc(C(=O)Nc4cc(NC=O)ccc4F)ccc3n2)CC1.Cc1ccc2c(c1)OCCO2. The molecular formula is C35H40FN5O7. The molecule has 2 aliphatic rings. The van der Waals surface area contributed by atoms with Crippen LogP contribution in [0.5, 0.6) is 11.5 Å². The van der Waals surface area contributed by atoms with Crippen molar-refractivity contribution in [3.8, 4) is 11.5 Å². The number of halogens is 1. The summed E-state index contributed by atoms with van der Waals surface area (Å²) >= 11 is 0. The molecule has 12 nitrogen and oxygen atoms in total. The maximum Gasteiger partial charge on any atom is 0.255 e. The Morgan fingerprint density at radius 3 is 2.38 bits per heavy atom. The zero-order valence-electron chi connectivity index (χ0n) is 27.1. The van der Waals surface area contributed by atoms with Crippen molar-refractivity contribution in [3.63, 3.8) is 0 Å². The van der Waals surface area contributed by atoms with Gasteiger partial charge in [0.1, 0.15) is 24.6 Å². The van der Waals surface area contributed by atoms with Crippen LogP contribution in [-0.4, -0.2) is 93.3 Å². The molecule has 5 N–H and O–H groups in total. The molecule has 254 valence electrons. The molecule has 2 aliphatic heterocycles. The van der Waals surface area contributed by atoms with Crippen molar-refractivity contribution in [2.24, 2.45) is 0 Å². The average molecular weight is 662 g/mol. The lowest BCUT2D eigenvalue weighted by Gasteiger charge is -2.46. The Kier molecular flexibility index (Phi) is 10.6. The average Bonchev–Trinajstić information content (AvgIpc) is 3.06. The molecule has 0 bridgehead atoms. The molecule has 0 spiro atoms. The number of pyridine rings is 1. The number of piperazine rings is 1. The molecule has 0 saturated carbocycles. The number of nitrogens with zero attached hydrogens (tertiary/aromatic N) is 3. The van der Waals surface area contributed by atoms with E-state index in [-0.39, 0.29) is 5.69 Å². The highest BCUT2D eigenvalue weighted by Crippen LogP contribution is 2.30. The number of aliphatic hydroxyl groups is 3. The Morgan fingerprint density at radius 1 is 0.938 bits per heavy atom. The van der Waals surface area contributed by atoms with Gasteiger partial charge in [0, 0.05) is 49.4 Å². The van der Waals surface area contributed by atoms with Crippen molar-refractivity contribution >= 4 is 34.6 Å². The van der Waals surface area contributed by atoms with Crippen LogP contribution in [0.25, 0.3) is 10.9 Å². The lowest BCUT2D eigenvalue weighted by Crippen LogP contribution is -2.66. The van der Waals surface area contributed by atoms with Crippen molar-refractivity contribution in [2.45, 2.75) is 38.8 Å². The second kappa shape index (κ2) is 14.6. The van der Waals surface area contributed by atoms with E-state index in [1.165, 1.54) is 36.4 Å². The third-order valence-electron chi connectivity index (χ3n) is 8.17. The van der Waals surface area contributed by atoms with Crippen LogP contribution in [0.15, 0.2) is 66.7 Å². The molecule has 0 aliphatic carbocycles. The van der Waals surface area contributed by atoms with Crippen LogP contribution in [0.2, 0.25) is 0 Å². The highest BCUT2D eigenvalue weighted by Gasteiger charge is 2.46. The number of aryl methyl sites for hydroxylation is 1. The third-order valence-corrected chi connectivity index (χ3v) is 8.17. The molecule has 6 rings (SSSR count). The van der Waals surface area contributed by atoms with Crippen molar-refractivity contribution in [2.75, 3.05) is 50.0 Å². The van der Waals surface area contributed by atoms with Gasteiger partial charge in [0.05, 0.1) is 16.9 Å². The number of amides is 2. The van der Waals surface area contributed by atoms with Gasteiger partial charge in [-0.2, -0.15) is 0 Å². The fourth-order valence-electron chi connectivity index (χ4n) is 5.35. The first-order chi connectivity index (χ1) is 22.8. The minimum Gasteiger partial charge on any atom is -0.486 e. The Labute approximate surface area is 277 Å². The zero-order valence-corrected chi connectivity index (χ0v) is 27.1. The minimum absolute atomic E-state index is 0.0484. The van der Waals surface area contributed by atoms with E-state index in [1.54, 1.807) is 18.2 Å². The van der Waals surface area contributed by atoms with Gasteiger partial charge in [0.15, 0.2) is 11.5 Å². The van der Waals surface area contributed by atoms with Crippen LogP contribution in [0.4, 0.5) is 15.8 Å². The summed E-state index contributed by atoms with van der Waals surface area (Å²) in [5.41, 5.74) is 1.67. The number of aromatic nitrogens is 1. The molecule has 0 radical (unpaired) electrons. The summed E-state index contributed by atoms with van der Waals surface area (Å²) < 4.78 is 24.9. The van der Waals surface area contributed by atoms with E-state index in [4.69, 9.17) is 9.47 Å². The fourth-order valence-corrected chi connectivity index (χ4v) is 5.35. The Bertz CT molecular complexity index is 1770. The highest BCUT2D eigenvalue weighted by molar-refractivity contribution is 6.06. The first-order valence-corrected chi connectivity index (χ1v) is 15.6. The molecule has 0 unspecified atom stereocenters. The van der Waals surface area contributed by atoms with Crippen LogP contribution in [0.1, 0.15) is 35.5 Å². The van der Waals surface area contributed by atoms with E-state index >= 15 is 0 Å². The number of carbonyl (C=O) groups is 2. The number of hydrogen-bond donors (Lipinski definition) is 5. The summed E-state index contributed by atoms with van der Waals surface area (Å²) in [4.78, 5) is 31.6. The van der Waals surface area contributed by atoms with Crippen molar-refractivity contribution in [3.05, 3.63) is 89.4 Å². The largest absolute Gasteiger partial charge is 0.486 e. The highest BCUT2D eigenvalue weighted by atomic mass is 19.1. The van der Waals surface area contributed by atoms with Gasteiger partial charge >= 0.3 is 0 Å². The smallest absolute Gasteiger partial charge is 0.255 e. The van der Waals surface area contributed by atoms with E-state index in [0.29, 0.717) is 69.1 Å². The maximum atomic E-state index is 14.1. The lowest BCUT2D eigenvalue weighted by molar-refractivity contribution is -0.344. The molecule has 3 heterocycles. The number of nitrogens with one attached hydrogen (secondary N) is 2. The molecule has 4 aromatic rings. The molecule has 48 heavy (non-hydrogen) atoms. The number of carbonyl (C=O) groups excluding carboxylic acids is 2. The van der Waals surface area contributed by atoms with Gasteiger partial charge in [-0.1, -0.05) is 12.1 Å². The van der Waals surface area contributed by atoms with E-state index in [9.17, 15) is 29.3 Å². The van der Waals surface area contributed by atoms with Gasteiger partial charge in [-0.3, -0.25) is 19.5 Å². The number of anilines is 2. The van der Waals surface area contributed by atoms with Crippen molar-refractivity contribution in [1.82, 2.24) is 14.8 Å². The van der Waals surface area contributed by atoms with Crippen LogP contribution in [0.3, 0.4) is 0 Å². The van der Waals surface area contributed by atoms with Gasteiger partial charge in [-0.05, 0) is 80.9 Å². The monoisotopic (exact) mass is 661 g/mol. The van der Waals surface area contributed by atoms with E-state index in [0.717, 1.165) is 28.6 Å². The zero-order chi connectivity index (χ0) is 34.5. The topological polar surface area (TPSA) is 157 Å². The van der Waals surface area contributed by atoms with E-state index in [2.05, 4.69) is 20.5 Å². The summed E-state index contributed by atoms with van der Waals surface area (Å²) in [7, 11) is 0. The number of hydrogen-bond acceptors (Lipinski definition) is 10. The number of fused-ring (bicyclic) bond motifs is 2. The number of ether oxygens (including phenoxy) is 2. The number of rotatable bonds is 8. The molecule has 13 heteroatoms. The van der Waals surface area contributed by atoms with Gasteiger partial charge in [0.25, 0.3) is 11.8 Å². The predicted octanol–water partition coefficient (Wildman–Crippen LogP) is 3.49. The second-order valence-electron chi connectivity index (χ2n) is 12.2. The van der Waals surface area contributed by atoms with E-state index in [1.807, 2.05) is 37.3 Å². The normalized spacial score (nSPS) is 15.3. The lowest BCUT2D eigenvalue weighted by atomic mass is 10.0. The first kappa shape index (κ1) is 34.7. The van der Waals surface area contributed by atoms with Gasteiger partial charge in [-0.25, -0.2) is 9.29 Å². The van der Waals surface area contributed by atoms with Crippen LogP contribution >= 0.6 is 0 Å². The molecule has 3 aromatic carbocycles. The van der Waals surface area contributed by atoms with Crippen LogP contribution < -0.4 is 20.1 Å².